The number of hydroxylamine groups is 1. The summed E-state index contributed by atoms with van der Waals surface area (Å²) in [5.74, 6) is 0.465. The van der Waals surface area contributed by atoms with Gasteiger partial charge in [0.1, 0.15) is 5.75 Å². The van der Waals surface area contributed by atoms with Crippen molar-refractivity contribution in [3.05, 3.63) is 43.0 Å². The van der Waals surface area contributed by atoms with Crippen LogP contribution in [-0.4, -0.2) is 12.7 Å². The van der Waals surface area contributed by atoms with Crippen LogP contribution in [0.2, 0.25) is 0 Å². The summed E-state index contributed by atoms with van der Waals surface area (Å²) in [7, 11) is 0. The quantitative estimate of drug-likeness (QED) is 0.451. The molecule has 0 aliphatic carbocycles. The van der Waals surface area contributed by atoms with Crippen LogP contribution in [0.5, 0.6) is 5.75 Å². The monoisotopic (exact) mass is 193 g/mol. The van der Waals surface area contributed by atoms with E-state index in [0.717, 1.165) is 0 Å². The predicted octanol–water partition coefficient (Wildman–Crippen LogP) is 1.89. The van der Waals surface area contributed by atoms with Crippen LogP contribution in [0.4, 0.5) is 4.79 Å². The lowest BCUT2D eigenvalue weighted by Gasteiger charge is -2.04. The van der Waals surface area contributed by atoms with E-state index in [-0.39, 0.29) is 6.61 Å². The molecule has 0 atom stereocenters. The number of hydrogen-bond donors (Lipinski definition) is 1. The molecule has 0 aromatic heterocycles. The first-order chi connectivity index (χ1) is 6.83. The second kappa shape index (κ2) is 5.77. The number of ether oxygens (including phenoxy) is 1. The van der Waals surface area contributed by atoms with Gasteiger partial charge in [-0.25, -0.2) is 4.79 Å². The van der Waals surface area contributed by atoms with Crippen molar-refractivity contribution in [3.8, 4) is 5.75 Å². The van der Waals surface area contributed by atoms with Crippen LogP contribution >= 0.6 is 0 Å². The number of para-hydroxylation sites is 1. The molecular weight excluding hydrogens is 182 g/mol. The van der Waals surface area contributed by atoms with E-state index >= 15 is 0 Å². The van der Waals surface area contributed by atoms with Crippen LogP contribution in [0.25, 0.3) is 0 Å². The van der Waals surface area contributed by atoms with Crippen LogP contribution in [0.1, 0.15) is 0 Å². The highest BCUT2D eigenvalue weighted by molar-refractivity contribution is 5.68. The van der Waals surface area contributed by atoms with Gasteiger partial charge >= 0.3 is 6.09 Å². The molecular formula is C10H11NO3. The highest BCUT2D eigenvalue weighted by Gasteiger charge is 2.01. The Morgan fingerprint density at radius 3 is 2.79 bits per heavy atom. The molecule has 0 aliphatic rings. The third-order valence-corrected chi connectivity index (χ3v) is 1.31. The molecule has 0 saturated heterocycles. The van der Waals surface area contributed by atoms with Crippen LogP contribution in [-0.2, 0) is 4.84 Å². The Morgan fingerprint density at radius 2 is 2.14 bits per heavy atom. The van der Waals surface area contributed by atoms with Gasteiger partial charge in [0.25, 0.3) is 0 Å². The smallest absolute Gasteiger partial charge is 0.409 e. The van der Waals surface area contributed by atoms with E-state index in [9.17, 15) is 4.79 Å². The summed E-state index contributed by atoms with van der Waals surface area (Å²) in [4.78, 5) is 15.7. The van der Waals surface area contributed by atoms with Crippen LogP contribution < -0.4 is 10.2 Å². The van der Waals surface area contributed by atoms with Crippen molar-refractivity contribution in [1.29, 1.82) is 0 Å². The highest BCUT2D eigenvalue weighted by atomic mass is 16.7. The summed E-state index contributed by atoms with van der Waals surface area (Å²) in [6.07, 6.45) is 0.862. The topological polar surface area (TPSA) is 47.6 Å². The third-order valence-electron chi connectivity index (χ3n) is 1.31. The van der Waals surface area contributed by atoms with Crippen molar-refractivity contribution < 1.29 is 14.4 Å². The SMILES string of the molecule is C=CCONC(=O)Oc1ccccc1. The summed E-state index contributed by atoms with van der Waals surface area (Å²) in [6.45, 7) is 3.66. The Labute approximate surface area is 82.1 Å². The fourth-order valence-corrected chi connectivity index (χ4v) is 0.776. The molecule has 0 aliphatic heterocycles. The zero-order chi connectivity index (χ0) is 10.2. The normalized spacial score (nSPS) is 9.14. The molecule has 4 heteroatoms. The van der Waals surface area contributed by atoms with E-state index in [4.69, 9.17) is 4.74 Å². The van der Waals surface area contributed by atoms with Crippen molar-refractivity contribution in [2.45, 2.75) is 0 Å². The van der Waals surface area contributed by atoms with Crippen LogP contribution in [0.15, 0.2) is 43.0 Å². The predicted molar refractivity (Wildman–Crippen MR) is 51.8 cm³/mol. The maximum Gasteiger partial charge on any atom is 0.436 e. The fraction of sp³-hybridized carbons (Fsp3) is 0.100. The molecule has 0 saturated carbocycles. The minimum atomic E-state index is -0.655. The second-order valence-corrected chi connectivity index (χ2v) is 2.40. The summed E-state index contributed by atoms with van der Waals surface area (Å²) in [5, 5.41) is 0. The van der Waals surface area contributed by atoms with Gasteiger partial charge in [0.15, 0.2) is 0 Å². The van der Waals surface area contributed by atoms with Gasteiger partial charge in [-0.1, -0.05) is 24.3 Å². The van der Waals surface area contributed by atoms with E-state index < -0.39 is 6.09 Å². The number of hydrogen-bond acceptors (Lipinski definition) is 3. The van der Waals surface area contributed by atoms with Gasteiger partial charge < -0.3 is 4.74 Å². The standard InChI is InChI=1S/C10H11NO3/c1-2-8-13-11-10(12)14-9-6-4-3-5-7-9/h2-7H,1,8H2,(H,11,12). The molecule has 0 heterocycles. The first-order valence-electron chi connectivity index (χ1n) is 4.08. The summed E-state index contributed by atoms with van der Waals surface area (Å²) >= 11 is 0. The second-order valence-electron chi connectivity index (χ2n) is 2.40. The van der Waals surface area contributed by atoms with Crippen LogP contribution in [0, 0.1) is 0 Å². The average molecular weight is 193 g/mol. The average Bonchev–Trinajstić information content (AvgIpc) is 2.20. The van der Waals surface area contributed by atoms with Gasteiger partial charge in [0.05, 0.1) is 6.61 Å². The first kappa shape index (κ1) is 10.3. The van der Waals surface area contributed by atoms with E-state index in [1.54, 1.807) is 24.3 Å². The van der Waals surface area contributed by atoms with Crippen molar-refractivity contribution in [3.63, 3.8) is 0 Å². The largest absolute Gasteiger partial charge is 0.436 e. The minimum absolute atomic E-state index is 0.240. The summed E-state index contributed by atoms with van der Waals surface area (Å²) in [6, 6.07) is 8.72. The van der Waals surface area contributed by atoms with E-state index in [2.05, 4.69) is 16.9 Å². The molecule has 0 radical (unpaired) electrons. The molecule has 1 amide bonds. The van der Waals surface area contributed by atoms with Gasteiger partial charge in [-0.2, -0.15) is 5.48 Å². The van der Waals surface area contributed by atoms with E-state index in [1.165, 1.54) is 6.08 Å². The molecule has 0 fully saturated rings. The lowest BCUT2D eigenvalue weighted by atomic mass is 10.3. The molecule has 1 rings (SSSR count). The maximum atomic E-state index is 11.0. The molecule has 0 unspecified atom stereocenters. The minimum Gasteiger partial charge on any atom is -0.409 e. The maximum absolute atomic E-state index is 11.0. The number of carbonyl (C=O) groups excluding carboxylic acids is 1. The van der Waals surface area contributed by atoms with Crippen molar-refractivity contribution in [2.75, 3.05) is 6.61 Å². The third kappa shape index (κ3) is 3.73. The van der Waals surface area contributed by atoms with Gasteiger partial charge in [0.2, 0.25) is 0 Å². The Hall–Kier alpha value is -1.81. The molecule has 0 bridgehead atoms. The molecule has 1 aromatic rings. The van der Waals surface area contributed by atoms with Gasteiger partial charge in [0, 0.05) is 0 Å². The van der Waals surface area contributed by atoms with Gasteiger partial charge in [-0.3, -0.25) is 4.84 Å². The fourth-order valence-electron chi connectivity index (χ4n) is 0.776. The number of rotatable bonds is 4. The number of carbonyl (C=O) groups is 1. The zero-order valence-electron chi connectivity index (χ0n) is 7.60. The lowest BCUT2D eigenvalue weighted by Crippen LogP contribution is -2.27. The number of amides is 1. The Bertz CT molecular complexity index is 297. The van der Waals surface area contributed by atoms with Gasteiger partial charge in [-0.15, -0.1) is 6.58 Å². The number of benzene rings is 1. The van der Waals surface area contributed by atoms with Crippen molar-refractivity contribution >= 4 is 6.09 Å². The molecule has 0 spiro atoms. The van der Waals surface area contributed by atoms with Crippen molar-refractivity contribution in [2.24, 2.45) is 0 Å². The van der Waals surface area contributed by atoms with Crippen LogP contribution in [0.3, 0.4) is 0 Å². The lowest BCUT2D eigenvalue weighted by molar-refractivity contribution is 0.0629. The Balaban J connectivity index is 2.31. The molecule has 14 heavy (non-hydrogen) atoms. The first-order valence-corrected chi connectivity index (χ1v) is 4.08. The Kier molecular flexibility index (Phi) is 4.23. The van der Waals surface area contributed by atoms with E-state index in [1.807, 2.05) is 6.07 Å². The zero-order valence-corrected chi connectivity index (χ0v) is 7.60. The van der Waals surface area contributed by atoms with Crippen molar-refractivity contribution in [1.82, 2.24) is 5.48 Å². The highest BCUT2D eigenvalue weighted by Crippen LogP contribution is 2.07. The molecule has 74 valence electrons. The molecule has 1 aromatic carbocycles. The summed E-state index contributed by atoms with van der Waals surface area (Å²) < 4.78 is 4.85. The molecule has 4 nitrogen and oxygen atoms in total. The summed E-state index contributed by atoms with van der Waals surface area (Å²) in [5.41, 5.74) is 2.10. The molecule has 1 N–H and O–H groups in total. The van der Waals surface area contributed by atoms with Gasteiger partial charge in [-0.05, 0) is 12.1 Å². The number of nitrogens with one attached hydrogen (secondary N) is 1. The van der Waals surface area contributed by atoms with E-state index in [0.29, 0.717) is 5.75 Å². The Morgan fingerprint density at radius 1 is 1.43 bits per heavy atom.